The molecule has 0 radical (unpaired) electrons. The predicted octanol–water partition coefficient (Wildman–Crippen LogP) is 27.8. The van der Waals surface area contributed by atoms with Crippen LogP contribution in [0.25, 0.3) is 11.1 Å². The maximum absolute atomic E-state index is 9.46. The first-order chi connectivity index (χ1) is 40.1. The van der Waals surface area contributed by atoms with Gasteiger partial charge in [-0.3, -0.25) is 0 Å². The monoisotopic (exact) mass is 1160 g/mol. The minimum atomic E-state index is 0.861. The summed E-state index contributed by atoms with van der Waals surface area (Å²) < 4.78 is 0. The summed E-state index contributed by atoms with van der Waals surface area (Å²) in [4.78, 5) is 3.37. The molecular formula is C78H138N2Ni. The fourth-order valence-electron chi connectivity index (χ4n) is 11.9. The van der Waals surface area contributed by atoms with Crippen LogP contribution in [0.15, 0.2) is 59.7 Å². The van der Waals surface area contributed by atoms with Gasteiger partial charge < -0.3 is 5.53 Å². The molecule has 0 N–H and O–H groups in total. The molecule has 0 aliphatic heterocycles. The average molecular weight is 1160 g/mol. The fourth-order valence-corrected chi connectivity index (χ4v) is 13.2. The van der Waals surface area contributed by atoms with Crippen molar-refractivity contribution in [2.24, 2.45) is 0 Å². The molecule has 0 saturated heterocycles. The predicted molar refractivity (Wildman–Crippen MR) is 362 cm³/mol. The Bertz CT molecular complexity index is 1700. The molecule has 0 amide bonds. The van der Waals surface area contributed by atoms with Crippen LogP contribution in [0.5, 0.6) is 0 Å². The number of unbranched alkanes of at least 4 members (excludes halogenated alkanes) is 46. The molecule has 3 heteroatoms. The number of benzene rings is 2. The molecule has 0 saturated carbocycles. The molecule has 470 valence electrons. The van der Waals surface area contributed by atoms with Gasteiger partial charge in [0.2, 0.25) is 0 Å². The Morgan fingerprint density at radius 3 is 1.01 bits per heavy atom. The summed E-state index contributed by atoms with van der Waals surface area (Å²) in [5, 5.41) is 2.87. The van der Waals surface area contributed by atoms with Gasteiger partial charge in [-0.2, -0.15) is 0 Å². The van der Waals surface area contributed by atoms with E-state index >= 15 is 0 Å². The summed E-state index contributed by atoms with van der Waals surface area (Å²) in [5.74, 6) is 2.97. The van der Waals surface area contributed by atoms with Crippen molar-refractivity contribution in [2.45, 2.75) is 399 Å². The van der Waals surface area contributed by atoms with Crippen molar-refractivity contribution < 1.29 is 19.2 Å². The smallest absolute Gasteiger partial charge is 0.0654 e. The molecule has 2 aromatic rings. The van der Waals surface area contributed by atoms with Gasteiger partial charge in [-0.15, -0.1) is 4.79 Å². The fraction of sp³-hybridized carbons (Fsp3) is 0.795. The Balaban J connectivity index is 0.000000850. The van der Waals surface area contributed by atoms with Crippen LogP contribution in [0, 0.1) is 6.92 Å². The molecule has 0 aliphatic rings. The molecule has 0 spiro atoms. The standard InChI is InChI=1S/C32H44N2.2C23H47.Ni/c1-5-8-10-11-12-13-22-31(30(16-7-3)25-34-33)32(28-20-14-17-26(4)23-28)29-21-15-19-27(24-29)18-9-6-2;2*1-3-5-7-9-11-13-15-17-19-21-23-22-20-18-16-14-12-10-8-6-4-2;/h14-15,17,19-21,23-24H,5-13,16,18,22H2,1-4H3;2*1,3-23H2,2H3;. The zero-order valence-electron chi connectivity index (χ0n) is 55.4. The van der Waals surface area contributed by atoms with E-state index in [-0.39, 0.29) is 0 Å². The van der Waals surface area contributed by atoms with Crippen molar-refractivity contribution in [2.75, 3.05) is 0 Å². The number of hydrogen-bond donors (Lipinski definition) is 0. The van der Waals surface area contributed by atoms with Gasteiger partial charge in [0, 0.05) is 0 Å². The molecule has 0 aliphatic carbocycles. The van der Waals surface area contributed by atoms with Crippen LogP contribution >= 0.6 is 0 Å². The molecular weight excluding hydrogens is 1020 g/mol. The zero-order valence-corrected chi connectivity index (χ0v) is 56.4. The first-order valence-electron chi connectivity index (χ1n) is 36.4. The quantitative estimate of drug-likeness (QED) is 0.0158. The number of rotatable bonds is 59. The summed E-state index contributed by atoms with van der Waals surface area (Å²) in [5.41, 5.74) is 18.2. The second kappa shape index (κ2) is 62.4. The number of allylic oxidation sites excluding steroid dienone is 2. The minimum Gasteiger partial charge on any atom is -0.0654 e. The van der Waals surface area contributed by atoms with E-state index in [1.165, 1.54) is 359 Å². The summed E-state index contributed by atoms with van der Waals surface area (Å²) in [7, 11) is 0. The third-order valence-corrected chi connectivity index (χ3v) is 18.5. The summed E-state index contributed by atoms with van der Waals surface area (Å²) in [6, 6.07) is 17.9. The van der Waals surface area contributed by atoms with Gasteiger partial charge in [-0.1, -0.05) is 262 Å². The molecule has 0 aromatic heterocycles. The molecule has 2 nitrogen and oxygen atoms in total. The summed E-state index contributed by atoms with van der Waals surface area (Å²) in [6.07, 6.45) is 76.1. The molecule has 81 heavy (non-hydrogen) atoms. The van der Waals surface area contributed by atoms with Crippen molar-refractivity contribution in [1.82, 2.24) is 0 Å². The molecule has 0 fully saturated rings. The van der Waals surface area contributed by atoms with E-state index in [9.17, 15) is 5.53 Å². The van der Waals surface area contributed by atoms with Gasteiger partial charge in [0.15, 0.2) is 0 Å². The molecule has 2 aromatic carbocycles. The van der Waals surface area contributed by atoms with Crippen LogP contribution in [0.3, 0.4) is 0 Å². The van der Waals surface area contributed by atoms with Crippen molar-refractivity contribution in [3.8, 4) is 0 Å². The topological polar surface area (TPSA) is 36.4 Å². The maximum atomic E-state index is 9.46. The average Bonchev–Trinajstić information content (AvgIpc) is 3.47. The van der Waals surface area contributed by atoms with Gasteiger partial charge in [0.1, 0.15) is 0 Å². The van der Waals surface area contributed by atoms with E-state index in [1.54, 1.807) is 0 Å². The van der Waals surface area contributed by atoms with E-state index in [1.807, 2.05) is 0 Å². The zero-order chi connectivity index (χ0) is 58.4. The first kappa shape index (κ1) is 76.8. The molecule has 0 heterocycles. The van der Waals surface area contributed by atoms with Gasteiger partial charge in [-0.05, 0) is 66.9 Å². The van der Waals surface area contributed by atoms with Gasteiger partial charge in [0.05, 0.1) is 5.57 Å². The minimum absolute atomic E-state index is 0.861. The molecule has 0 atom stereocenters. The number of nitrogens with zero attached hydrogens (tertiary/aromatic N) is 2. The van der Waals surface area contributed by atoms with E-state index < -0.39 is 0 Å². The van der Waals surface area contributed by atoms with Crippen molar-refractivity contribution in [3.63, 3.8) is 0 Å². The van der Waals surface area contributed by atoms with Crippen molar-refractivity contribution in [3.05, 3.63) is 87.5 Å². The van der Waals surface area contributed by atoms with Gasteiger partial charge in [-0.25, -0.2) is 0 Å². The SMILES string of the molecule is CCCCCCCCC(C(=C=[N+]=[N-])CCC)=C(c1cccc(C)c1)c1cccc(CCCC)c1.CCCCCCCCCCCCCCCCCCCCCC[CH2][Ni][CH2]CCCCCCCCCCCCCCCCCCCCCC. The Hall–Kier alpha value is -2.17. The van der Waals surface area contributed by atoms with E-state index in [4.69, 9.17) is 0 Å². The van der Waals surface area contributed by atoms with Crippen molar-refractivity contribution >= 4 is 11.4 Å². The third-order valence-electron chi connectivity index (χ3n) is 17.1. The Labute approximate surface area is 514 Å². The Morgan fingerprint density at radius 1 is 0.358 bits per heavy atom. The number of aryl methyl sites for hydroxylation is 2. The van der Waals surface area contributed by atoms with Gasteiger partial charge >= 0.3 is 172 Å². The third kappa shape index (κ3) is 48.7. The van der Waals surface area contributed by atoms with E-state index in [0.29, 0.717) is 0 Å². The Kier molecular flexibility index (Phi) is 59.2. The van der Waals surface area contributed by atoms with Crippen molar-refractivity contribution in [1.29, 1.82) is 0 Å². The van der Waals surface area contributed by atoms with Crippen LogP contribution in [-0.2, 0) is 20.9 Å². The van der Waals surface area contributed by atoms with Crippen LogP contribution < -0.4 is 0 Å². The second-order valence-electron chi connectivity index (χ2n) is 25.1. The van der Waals surface area contributed by atoms with Crippen LogP contribution in [0.4, 0.5) is 0 Å². The molecule has 0 bridgehead atoms. The molecule has 2 rings (SSSR count). The van der Waals surface area contributed by atoms with Gasteiger partial charge in [0.25, 0.3) is 0 Å². The van der Waals surface area contributed by atoms with Crippen LogP contribution in [0.1, 0.15) is 397 Å². The summed E-state index contributed by atoms with van der Waals surface area (Å²) >= 11 is 2.05. The van der Waals surface area contributed by atoms with E-state index in [2.05, 4.69) is 115 Å². The normalized spacial score (nSPS) is 11.6. The summed E-state index contributed by atoms with van der Waals surface area (Å²) in [6.45, 7) is 13.5. The second-order valence-corrected chi connectivity index (χ2v) is 26.6. The molecule has 0 unspecified atom stereocenters. The van der Waals surface area contributed by atoms with Crippen LogP contribution in [-0.4, -0.2) is 10.7 Å². The van der Waals surface area contributed by atoms with E-state index in [0.717, 1.165) is 37.7 Å². The number of hydrogen-bond acceptors (Lipinski definition) is 0. The first-order valence-corrected chi connectivity index (χ1v) is 37.8. The Morgan fingerprint density at radius 2 is 0.679 bits per heavy atom. The van der Waals surface area contributed by atoms with Crippen LogP contribution in [0.2, 0.25) is 10.8 Å².